The molecule has 0 bridgehead atoms. The van der Waals surface area contributed by atoms with Crippen molar-refractivity contribution < 1.29 is 19.1 Å². The topological polar surface area (TPSA) is 96.5 Å². The molecule has 0 fully saturated rings. The molecule has 26 heavy (non-hydrogen) atoms. The molecule has 8 heteroatoms. The Morgan fingerprint density at radius 2 is 1.85 bits per heavy atom. The van der Waals surface area contributed by atoms with Gasteiger partial charge >= 0.3 is 5.97 Å². The zero-order chi connectivity index (χ0) is 19.4. The first-order chi connectivity index (χ1) is 12.2. The summed E-state index contributed by atoms with van der Waals surface area (Å²) in [6.45, 7) is 5.68. The van der Waals surface area contributed by atoms with Gasteiger partial charge in [-0.3, -0.25) is 4.79 Å². The van der Waals surface area contributed by atoms with E-state index in [1.165, 1.54) is 22.7 Å². The summed E-state index contributed by atoms with van der Waals surface area (Å²) in [6.07, 6.45) is 2.82. The molecule has 0 unspecified atom stereocenters. The summed E-state index contributed by atoms with van der Waals surface area (Å²) in [4.78, 5) is 33.9. The molecule has 2 heterocycles. The van der Waals surface area contributed by atoms with Crippen LogP contribution >= 0.6 is 11.8 Å². The zero-order valence-electron chi connectivity index (χ0n) is 15.6. The minimum atomic E-state index is -1.04. The summed E-state index contributed by atoms with van der Waals surface area (Å²) in [5.41, 5.74) is 2.90. The maximum atomic E-state index is 12.4. The van der Waals surface area contributed by atoms with Gasteiger partial charge in [-0.1, -0.05) is 11.8 Å². The molecule has 2 aromatic heterocycles. The summed E-state index contributed by atoms with van der Waals surface area (Å²) in [6, 6.07) is 1.46. The highest BCUT2D eigenvalue weighted by Crippen LogP contribution is 2.19. The van der Waals surface area contributed by atoms with Crippen molar-refractivity contribution in [3.8, 4) is 0 Å². The lowest BCUT2D eigenvalue weighted by Crippen LogP contribution is -2.26. The van der Waals surface area contributed by atoms with E-state index in [1.807, 2.05) is 20.1 Å². The van der Waals surface area contributed by atoms with E-state index < -0.39 is 5.97 Å². The quantitative estimate of drug-likeness (QED) is 0.585. The van der Waals surface area contributed by atoms with Crippen molar-refractivity contribution in [3.63, 3.8) is 0 Å². The van der Waals surface area contributed by atoms with Crippen LogP contribution in [0.15, 0.2) is 15.6 Å². The van der Waals surface area contributed by atoms with E-state index >= 15 is 0 Å². The monoisotopic (exact) mass is 377 g/mol. The molecule has 140 valence electrons. The van der Waals surface area contributed by atoms with Crippen LogP contribution in [0, 0.1) is 20.8 Å². The Labute approximate surface area is 156 Å². The predicted octanol–water partition coefficient (Wildman–Crippen LogP) is 3.01. The Kier molecular flexibility index (Phi) is 6.42. The highest BCUT2D eigenvalue weighted by Gasteiger charge is 2.18. The number of aromatic carboxylic acids is 1. The van der Waals surface area contributed by atoms with E-state index in [9.17, 15) is 9.59 Å². The molecular formula is C18H23N3O4S. The van der Waals surface area contributed by atoms with Gasteiger partial charge in [-0.25, -0.2) is 14.8 Å². The molecule has 2 aromatic rings. The second-order valence-electron chi connectivity index (χ2n) is 6.10. The largest absolute Gasteiger partial charge is 0.478 e. The summed E-state index contributed by atoms with van der Waals surface area (Å²) in [5.74, 6) is -0.295. The van der Waals surface area contributed by atoms with Gasteiger partial charge in [0.2, 0.25) is 5.91 Å². The van der Waals surface area contributed by atoms with Gasteiger partial charge in [0.25, 0.3) is 0 Å². The Hall–Kier alpha value is -2.35. The van der Waals surface area contributed by atoms with E-state index in [0.29, 0.717) is 24.4 Å². The molecule has 0 aliphatic rings. The summed E-state index contributed by atoms with van der Waals surface area (Å²) >= 11 is 1.49. The van der Waals surface area contributed by atoms with Crippen molar-refractivity contribution in [2.75, 3.05) is 13.3 Å². The van der Waals surface area contributed by atoms with Gasteiger partial charge in [0, 0.05) is 24.9 Å². The van der Waals surface area contributed by atoms with Crippen LogP contribution < -0.4 is 0 Å². The molecular weight excluding hydrogens is 354 g/mol. The lowest BCUT2D eigenvalue weighted by Gasteiger charge is -2.16. The maximum absolute atomic E-state index is 12.4. The first-order valence-corrected chi connectivity index (χ1v) is 9.40. The number of furan rings is 1. The number of thioether (sulfide) groups is 1. The molecule has 2 rings (SSSR count). The van der Waals surface area contributed by atoms with Crippen molar-refractivity contribution in [3.05, 3.63) is 40.1 Å². The van der Waals surface area contributed by atoms with E-state index in [1.54, 1.807) is 14.0 Å². The minimum Gasteiger partial charge on any atom is -0.478 e. The van der Waals surface area contributed by atoms with Gasteiger partial charge < -0.3 is 14.4 Å². The van der Waals surface area contributed by atoms with E-state index in [0.717, 1.165) is 22.1 Å². The lowest BCUT2D eigenvalue weighted by molar-refractivity contribution is -0.130. The number of hydrogen-bond acceptors (Lipinski definition) is 6. The van der Waals surface area contributed by atoms with Gasteiger partial charge in [0.1, 0.15) is 17.1 Å². The molecule has 0 aromatic carbocycles. The fraction of sp³-hybridized carbons (Fsp3) is 0.444. The SMILES string of the molecule is CSc1nc(C)c(CCC(=O)N(C)Cc2cc(C(=O)O)c(C)o2)c(C)n1. The third-order valence-electron chi connectivity index (χ3n) is 4.19. The standard InChI is InChI=1S/C18H23N3O4S/c1-10-14(11(2)20-18(19-10)26-5)6-7-16(22)21(4)9-13-8-15(17(23)24)12(3)25-13/h8H,6-7,9H2,1-5H3,(H,23,24). The predicted molar refractivity (Wildman–Crippen MR) is 98.5 cm³/mol. The Morgan fingerprint density at radius 3 is 2.35 bits per heavy atom. The van der Waals surface area contributed by atoms with Crippen molar-refractivity contribution in [1.82, 2.24) is 14.9 Å². The number of carbonyl (C=O) groups is 2. The van der Waals surface area contributed by atoms with Crippen LogP contribution in [0.25, 0.3) is 0 Å². The van der Waals surface area contributed by atoms with Crippen molar-refractivity contribution in [2.45, 2.75) is 45.3 Å². The number of carbonyl (C=O) groups excluding carboxylic acids is 1. The maximum Gasteiger partial charge on any atom is 0.339 e. The molecule has 0 spiro atoms. The number of hydrogen-bond donors (Lipinski definition) is 1. The van der Waals surface area contributed by atoms with E-state index in [2.05, 4.69) is 9.97 Å². The molecule has 1 amide bonds. The molecule has 0 saturated heterocycles. The van der Waals surface area contributed by atoms with Crippen molar-refractivity contribution in [1.29, 1.82) is 0 Å². The van der Waals surface area contributed by atoms with Gasteiger partial charge in [-0.2, -0.15) is 0 Å². The second-order valence-corrected chi connectivity index (χ2v) is 6.87. The summed E-state index contributed by atoms with van der Waals surface area (Å²) < 4.78 is 5.43. The van der Waals surface area contributed by atoms with Crippen LogP contribution in [0.3, 0.4) is 0 Å². The van der Waals surface area contributed by atoms with E-state index in [4.69, 9.17) is 9.52 Å². The minimum absolute atomic E-state index is 0.0522. The number of nitrogens with zero attached hydrogens (tertiary/aromatic N) is 3. The van der Waals surface area contributed by atoms with Crippen LogP contribution in [0.4, 0.5) is 0 Å². The van der Waals surface area contributed by atoms with Crippen molar-refractivity contribution >= 4 is 23.6 Å². The number of amides is 1. The molecule has 0 radical (unpaired) electrons. The number of rotatable bonds is 7. The molecule has 7 nitrogen and oxygen atoms in total. The first-order valence-electron chi connectivity index (χ1n) is 8.17. The number of aromatic nitrogens is 2. The molecule has 0 aliphatic heterocycles. The average Bonchev–Trinajstić information content (AvgIpc) is 2.94. The normalized spacial score (nSPS) is 10.8. The number of aryl methyl sites for hydroxylation is 3. The zero-order valence-corrected chi connectivity index (χ0v) is 16.4. The molecule has 0 aliphatic carbocycles. The third-order valence-corrected chi connectivity index (χ3v) is 4.74. The number of carboxylic acid groups (broad SMARTS) is 1. The first kappa shape index (κ1) is 20.0. The van der Waals surface area contributed by atoms with Crippen LogP contribution in [0.5, 0.6) is 0 Å². The number of carboxylic acids is 1. The summed E-state index contributed by atoms with van der Waals surface area (Å²) in [7, 11) is 1.67. The molecule has 0 atom stereocenters. The highest BCUT2D eigenvalue weighted by atomic mass is 32.2. The highest BCUT2D eigenvalue weighted by molar-refractivity contribution is 7.98. The fourth-order valence-electron chi connectivity index (χ4n) is 2.74. The summed E-state index contributed by atoms with van der Waals surface area (Å²) in [5, 5.41) is 9.80. The van der Waals surface area contributed by atoms with Gasteiger partial charge in [0.15, 0.2) is 5.16 Å². The van der Waals surface area contributed by atoms with Crippen LogP contribution in [-0.4, -0.2) is 45.2 Å². The Morgan fingerprint density at radius 1 is 1.23 bits per heavy atom. The van der Waals surface area contributed by atoms with Gasteiger partial charge in [-0.15, -0.1) is 0 Å². The Bertz CT molecular complexity index is 809. The van der Waals surface area contributed by atoms with E-state index in [-0.39, 0.29) is 18.0 Å². The average molecular weight is 377 g/mol. The smallest absolute Gasteiger partial charge is 0.339 e. The van der Waals surface area contributed by atoms with Crippen molar-refractivity contribution in [2.24, 2.45) is 0 Å². The van der Waals surface area contributed by atoms with Crippen LogP contribution in [-0.2, 0) is 17.8 Å². The second kappa shape index (κ2) is 8.35. The third kappa shape index (κ3) is 4.63. The van der Waals surface area contributed by atoms with Gasteiger partial charge in [0.05, 0.1) is 6.54 Å². The fourth-order valence-corrected chi connectivity index (χ4v) is 3.20. The van der Waals surface area contributed by atoms with Crippen LogP contribution in [0.2, 0.25) is 0 Å². The Balaban J connectivity index is 2.00. The van der Waals surface area contributed by atoms with Gasteiger partial charge in [-0.05, 0) is 45.1 Å². The molecule has 1 N–H and O–H groups in total. The molecule has 0 saturated carbocycles. The lowest BCUT2D eigenvalue weighted by atomic mass is 10.1. The van der Waals surface area contributed by atoms with Crippen LogP contribution in [0.1, 0.15) is 45.3 Å².